The molecule has 0 radical (unpaired) electrons. The second kappa shape index (κ2) is 10.9. The van der Waals surface area contributed by atoms with Gasteiger partial charge in [0.25, 0.3) is 0 Å². The summed E-state index contributed by atoms with van der Waals surface area (Å²) in [5.41, 5.74) is 1.57. The summed E-state index contributed by atoms with van der Waals surface area (Å²) < 4.78 is 18.8. The lowest BCUT2D eigenvalue weighted by molar-refractivity contribution is 0.0993. The van der Waals surface area contributed by atoms with Gasteiger partial charge in [-0.3, -0.25) is 4.79 Å². The van der Waals surface area contributed by atoms with Gasteiger partial charge in [0.2, 0.25) is 0 Å². The second-order valence-electron chi connectivity index (χ2n) is 6.84. The Hall–Kier alpha value is -3.14. The van der Waals surface area contributed by atoms with Gasteiger partial charge in [-0.1, -0.05) is 70.5 Å². The highest BCUT2D eigenvalue weighted by Gasteiger charge is 2.20. The first-order valence-electron chi connectivity index (χ1n) is 9.98. The number of Topliss-reactive ketones (excluding diaryl/α,β-unsaturated/α-hetero) is 1. The van der Waals surface area contributed by atoms with Gasteiger partial charge in [0.1, 0.15) is 17.2 Å². The summed E-state index contributed by atoms with van der Waals surface area (Å²) in [6.07, 6.45) is 0.322. The standard InChI is InChI=1S/C26H20BrO4P/c27-25-14-8-7-9-21(25)19-26(28)20-15-17-24(18-16-20)31-32(29-22-10-3-1-4-11-22)30-23-12-5-2-6-13-23/h1-18H,19H2. The molecular formula is C26H20BrO4P. The van der Waals surface area contributed by atoms with Crippen molar-refractivity contribution in [2.45, 2.75) is 6.42 Å². The number of para-hydroxylation sites is 2. The van der Waals surface area contributed by atoms with Gasteiger partial charge in [0.15, 0.2) is 5.78 Å². The van der Waals surface area contributed by atoms with Crippen LogP contribution in [0.25, 0.3) is 0 Å². The molecule has 0 spiro atoms. The van der Waals surface area contributed by atoms with Crippen LogP contribution in [0.3, 0.4) is 0 Å². The topological polar surface area (TPSA) is 44.8 Å². The van der Waals surface area contributed by atoms with Crippen molar-refractivity contribution in [1.29, 1.82) is 0 Å². The van der Waals surface area contributed by atoms with E-state index in [1.54, 1.807) is 24.3 Å². The molecule has 0 aromatic heterocycles. The molecule has 4 aromatic carbocycles. The first-order valence-corrected chi connectivity index (χ1v) is 11.9. The monoisotopic (exact) mass is 506 g/mol. The largest absolute Gasteiger partial charge is 0.530 e. The first-order chi connectivity index (χ1) is 15.7. The van der Waals surface area contributed by atoms with E-state index in [0.717, 1.165) is 10.0 Å². The summed E-state index contributed by atoms with van der Waals surface area (Å²) >= 11 is 3.49. The molecule has 32 heavy (non-hydrogen) atoms. The molecule has 0 saturated heterocycles. The predicted octanol–water partition coefficient (Wildman–Crippen LogP) is 7.64. The molecule has 4 nitrogen and oxygen atoms in total. The number of hydrogen-bond donors (Lipinski definition) is 0. The quantitative estimate of drug-likeness (QED) is 0.173. The van der Waals surface area contributed by atoms with Crippen molar-refractivity contribution in [2.75, 3.05) is 0 Å². The van der Waals surface area contributed by atoms with Crippen LogP contribution in [0.15, 0.2) is 114 Å². The van der Waals surface area contributed by atoms with Crippen molar-refractivity contribution in [3.8, 4) is 17.2 Å². The molecular weight excluding hydrogens is 487 g/mol. The van der Waals surface area contributed by atoms with Crippen LogP contribution in [-0.2, 0) is 6.42 Å². The maximum absolute atomic E-state index is 12.7. The summed E-state index contributed by atoms with van der Waals surface area (Å²) in [6, 6.07) is 33.5. The van der Waals surface area contributed by atoms with Crippen molar-refractivity contribution < 1.29 is 18.4 Å². The predicted molar refractivity (Wildman–Crippen MR) is 130 cm³/mol. The van der Waals surface area contributed by atoms with Crippen LogP contribution >= 0.6 is 24.5 Å². The lowest BCUT2D eigenvalue weighted by Crippen LogP contribution is -2.05. The minimum atomic E-state index is -1.75. The maximum Gasteiger partial charge on any atom is 0.530 e. The smallest absolute Gasteiger partial charge is 0.409 e. The van der Waals surface area contributed by atoms with E-state index in [0.29, 0.717) is 29.2 Å². The van der Waals surface area contributed by atoms with E-state index in [9.17, 15) is 4.79 Å². The normalized spacial score (nSPS) is 10.6. The van der Waals surface area contributed by atoms with Gasteiger partial charge < -0.3 is 13.6 Å². The van der Waals surface area contributed by atoms with E-state index < -0.39 is 8.60 Å². The zero-order valence-corrected chi connectivity index (χ0v) is 19.5. The molecule has 0 N–H and O–H groups in total. The zero-order valence-electron chi connectivity index (χ0n) is 17.1. The Morgan fingerprint density at radius 3 is 1.62 bits per heavy atom. The summed E-state index contributed by atoms with van der Waals surface area (Å²) in [5.74, 6) is 1.89. The highest BCUT2D eigenvalue weighted by atomic mass is 79.9. The third-order valence-corrected chi connectivity index (χ3v) is 6.36. The van der Waals surface area contributed by atoms with Crippen molar-refractivity contribution in [2.24, 2.45) is 0 Å². The Kier molecular flexibility index (Phi) is 7.55. The molecule has 0 unspecified atom stereocenters. The van der Waals surface area contributed by atoms with Crippen molar-refractivity contribution in [3.63, 3.8) is 0 Å². The molecule has 0 atom stereocenters. The van der Waals surface area contributed by atoms with Crippen LogP contribution in [-0.4, -0.2) is 5.78 Å². The molecule has 0 fully saturated rings. The fourth-order valence-electron chi connectivity index (χ4n) is 2.90. The van der Waals surface area contributed by atoms with Gasteiger partial charge in [-0.2, -0.15) is 0 Å². The fraction of sp³-hybridized carbons (Fsp3) is 0.0385. The molecule has 4 aromatic rings. The molecule has 0 heterocycles. The number of carbonyl (C=O) groups excluding carboxylic acids is 1. The summed E-state index contributed by atoms with van der Waals surface area (Å²) in [7, 11) is -1.75. The van der Waals surface area contributed by atoms with E-state index in [1.807, 2.05) is 84.9 Å². The number of rotatable bonds is 9. The number of benzene rings is 4. The Morgan fingerprint density at radius 2 is 1.09 bits per heavy atom. The van der Waals surface area contributed by atoms with Gasteiger partial charge in [-0.25, -0.2) is 0 Å². The fourth-order valence-corrected chi connectivity index (χ4v) is 4.31. The maximum atomic E-state index is 12.7. The highest BCUT2D eigenvalue weighted by Crippen LogP contribution is 2.42. The Bertz CT molecular complexity index is 1110. The number of ketones is 1. The van der Waals surface area contributed by atoms with Gasteiger partial charge in [-0.05, 0) is 60.2 Å². The van der Waals surface area contributed by atoms with Crippen LogP contribution in [0.2, 0.25) is 0 Å². The molecule has 0 aliphatic rings. The lowest BCUT2D eigenvalue weighted by Gasteiger charge is -2.18. The van der Waals surface area contributed by atoms with Gasteiger partial charge in [0.05, 0.1) is 0 Å². The van der Waals surface area contributed by atoms with Crippen LogP contribution < -0.4 is 13.6 Å². The Morgan fingerprint density at radius 1 is 0.625 bits per heavy atom. The molecule has 0 bridgehead atoms. The van der Waals surface area contributed by atoms with Crippen LogP contribution in [0, 0.1) is 0 Å². The van der Waals surface area contributed by atoms with Crippen molar-refractivity contribution in [3.05, 3.63) is 125 Å². The lowest BCUT2D eigenvalue weighted by atomic mass is 10.0. The second-order valence-corrected chi connectivity index (χ2v) is 8.69. The summed E-state index contributed by atoms with van der Waals surface area (Å²) in [4.78, 5) is 12.7. The van der Waals surface area contributed by atoms with Crippen LogP contribution in [0.4, 0.5) is 0 Å². The molecule has 0 amide bonds. The van der Waals surface area contributed by atoms with Crippen LogP contribution in [0.5, 0.6) is 17.2 Å². The van der Waals surface area contributed by atoms with E-state index >= 15 is 0 Å². The van der Waals surface area contributed by atoms with Crippen LogP contribution in [0.1, 0.15) is 15.9 Å². The summed E-state index contributed by atoms with van der Waals surface area (Å²) in [6.45, 7) is 0. The van der Waals surface area contributed by atoms with Crippen molar-refractivity contribution >= 4 is 30.3 Å². The molecule has 160 valence electrons. The van der Waals surface area contributed by atoms with Gasteiger partial charge >= 0.3 is 8.60 Å². The molecule has 6 heteroatoms. The Labute approximate surface area is 196 Å². The van der Waals surface area contributed by atoms with E-state index in [-0.39, 0.29) is 5.78 Å². The van der Waals surface area contributed by atoms with Gasteiger partial charge in [0, 0.05) is 16.5 Å². The average molecular weight is 507 g/mol. The van der Waals surface area contributed by atoms with E-state index in [2.05, 4.69) is 15.9 Å². The average Bonchev–Trinajstić information content (AvgIpc) is 2.82. The molecule has 0 aliphatic carbocycles. The number of hydrogen-bond acceptors (Lipinski definition) is 4. The minimum Gasteiger partial charge on any atom is -0.409 e. The third kappa shape index (κ3) is 6.19. The minimum absolute atomic E-state index is 0.0341. The highest BCUT2D eigenvalue weighted by molar-refractivity contribution is 9.10. The third-order valence-electron chi connectivity index (χ3n) is 4.51. The van der Waals surface area contributed by atoms with E-state index in [1.165, 1.54) is 0 Å². The number of halogens is 1. The SMILES string of the molecule is O=C(Cc1ccccc1Br)c1ccc(OP(Oc2ccccc2)Oc2ccccc2)cc1. The van der Waals surface area contributed by atoms with Crippen molar-refractivity contribution in [1.82, 2.24) is 0 Å². The van der Waals surface area contributed by atoms with Gasteiger partial charge in [-0.15, -0.1) is 0 Å². The molecule has 0 aliphatic heterocycles. The zero-order chi connectivity index (χ0) is 22.2. The van der Waals surface area contributed by atoms with E-state index in [4.69, 9.17) is 13.6 Å². The molecule has 0 saturated carbocycles. The Balaban J connectivity index is 1.45. The number of carbonyl (C=O) groups is 1. The molecule has 4 rings (SSSR count). The first kappa shape index (κ1) is 22.1. The summed E-state index contributed by atoms with van der Waals surface area (Å²) in [5, 5.41) is 0.